The Morgan fingerprint density at radius 2 is 1.85 bits per heavy atom. The highest BCUT2D eigenvalue weighted by molar-refractivity contribution is 5.96. The van der Waals surface area contributed by atoms with Gasteiger partial charge >= 0.3 is 0 Å². The number of Topliss-reactive ketones (excluding diaryl/α,β-unsaturated/α-hetero) is 1. The standard InChI is InChI=1S/C17H21NO2/c1-12-11-16(19)14-9-5-6-10-15(14)18(12)17(20)13-7-3-2-4-8-13/h2-4,7-8,12,14-15H,5-6,9-11H2,1H3. The zero-order chi connectivity index (χ0) is 14.1. The number of fused-ring (bicyclic) bond motifs is 1. The van der Waals surface area contributed by atoms with Crippen molar-refractivity contribution in [3.8, 4) is 0 Å². The van der Waals surface area contributed by atoms with Crippen LogP contribution in [0.15, 0.2) is 30.3 Å². The van der Waals surface area contributed by atoms with Gasteiger partial charge in [0.25, 0.3) is 5.91 Å². The number of carbonyl (C=O) groups is 2. The number of hydrogen-bond acceptors (Lipinski definition) is 2. The topological polar surface area (TPSA) is 37.4 Å². The highest BCUT2D eigenvalue weighted by Crippen LogP contribution is 2.36. The van der Waals surface area contributed by atoms with Gasteiger partial charge in [-0.25, -0.2) is 0 Å². The number of piperidine rings is 1. The predicted molar refractivity (Wildman–Crippen MR) is 77.4 cm³/mol. The maximum atomic E-state index is 12.8. The lowest BCUT2D eigenvalue weighted by Crippen LogP contribution is -2.57. The van der Waals surface area contributed by atoms with Crippen molar-refractivity contribution < 1.29 is 9.59 Å². The molecule has 3 nitrogen and oxygen atoms in total. The molecule has 20 heavy (non-hydrogen) atoms. The second kappa shape index (κ2) is 5.39. The van der Waals surface area contributed by atoms with Crippen molar-refractivity contribution in [2.24, 2.45) is 5.92 Å². The summed E-state index contributed by atoms with van der Waals surface area (Å²) in [4.78, 5) is 27.0. The van der Waals surface area contributed by atoms with Gasteiger partial charge in [-0.3, -0.25) is 9.59 Å². The highest BCUT2D eigenvalue weighted by atomic mass is 16.2. The summed E-state index contributed by atoms with van der Waals surface area (Å²) in [5.74, 6) is 0.523. The van der Waals surface area contributed by atoms with Crippen molar-refractivity contribution in [3.05, 3.63) is 35.9 Å². The molecule has 1 amide bonds. The third-order valence-corrected chi connectivity index (χ3v) is 4.73. The molecule has 1 aliphatic carbocycles. The van der Waals surface area contributed by atoms with E-state index >= 15 is 0 Å². The molecule has 2 aliphatic rings. The molecule has 1 heterocycles. The molecule has 3 atom stereocenters. The summed E-state index contributed by atoms with van der Waals surface area (Å²) in [6.07, 6.45) is 4.68. The summed E-state index contributed by atoms with van der Waals surface area (Å²) in [6, 6.07) is 9.58. The molecule has 0 radical (unpaired) electrons. The third-order valence-electron chi connectivity index (χ3n) is 4.73. The van der Waals surface area contributed by atoms with Crippen molar-refractivity contribution >= 4 is 11.7 Å². The second-order valence-electron chi connectivity index (χ2n) is 6.06. The summed E-state index contributed by atoms with van der Waals surface area (Å²) in [5.41, 5.74) is 0.734. The fourth-order valence-corrected chi connectivity index (χ4v) is 3.77. The van der Waals surface area contributed by atoms with Gasteiger partial charge in [-0.2, -0.15) is 0 Å². The van der Waals surface area contributed by atoms with E-state index in [0.717, 1.165) is 31.2 Å². The molecule has 2 fully saturated rings. The van der Waals surface area contributed by atoms with Gasteiger partial charge in [0.15, 0.2) is 0 Å². The van der Waals surface area contributed by atoms with E-state index in [-0.39, 0.29) is 23.9 Å². The van der Waals surface area contributed by atoms with Crippen LogP contribution in [-0.2, 0) is 4.79 Å². The predicted octanol–water partition coefficient (Wildman–Crippen LogP) is 3.05. The fourth-order valence-electron chi connectivity index (χ4n) is 3.77. The summed E-state index contributed by atoms with van der Waals surface area (Å²) in [5, 5.41) is 0. The minimum absolute atomic E-state index is 0.0227. The molecule has 1 aromatic carbocycles. The lowest BCUT2D eigenvalue weighted by atomic mass is 9.75. The van der Waals surface area contributed by atoms with E-state index in [9.17, 15) is 9.59 Å². The summed E-state index contributed by atoms with van der Waals surface area (Å²) >= 11 is 0. The quantitative estimate of drug-likeness (QED) is 0.787. The van der Waals surface area contributed by atoms with Crippen LogP contribution in [0.2, 0.25) is 0 Å². The Kier molecular flexibility index (Phi) is 3.60. The third kappa shape index (κ3) is 2.26. The van der Waals surface area contributed by atoms with Crippen LogP contribution in [0.25, 0.3) is 0 Å². The first kappa shape index (κ1) is 13.3. The molecule has 1 saturated carbocycles. The number of likely N-dealkylation sites (tertiary alicyclic amines) is 1. The average molecular weight is 271 g/mol. The van der Waals surface area contributed by atoms with Crippen LogP contribution in [0, 0.1) is 5.92 Å². The van der Waals surface area contributed by atoms with E-state index in [1.54, 1.807) is 0 Å². The Balaban J connectivity index is 1.90. The maximum Gasteiger partial charge on any atom is 0.254 e. The van der Waals surface area contributed by atoms with Crippen LogP contribution in [0.4, 0.5) is 0 Å². The van der Waals surface area contributed by atoms with Gasteiger partial charge in [0.1, 0.15) is 5.78 Å². The van der Waals surface area contributed by atoms with Gasteiger partial charge in [0, 0.05) is 30.0 Å². The first-order valence-electron chi connectivity index (χ1n) is 7.59. The number of nitrogens with zero attached hydrogens (tertiary/aromatic N) is 1. The molecule has 0 aromatic heterocycles. The number of amides is 1. The van der Waals surface area contributed by atoms with Crippen LogP contribution in [0.5, 0.6) is 0 Å². The van der Waals surface area contributed by atoms with Gasteiger partial charge in [-0.05, 0) is 31.9 Å². The number of carbonyl (C=O) groups excluding carboxylic acids is 2. The largest absolute Gasteiger partial charge is 0.332 e. The highest BCUT2D eigenvalue weighted by Gasteiger charge is 2.43. The van der Waals surface area contributed by atoms with Crippen LogP contribution in [0.1, 0.15) is 49.4 Å². The Labute approximate surface area is 120 Å². The van der Waals surface area contributed by atoms with E-state index in [2.05, 4.69) is 0 Å². The van der Waals surface area contributed by atoms with Crippen LogP contribution in [0.3, 0.4) is 0 Å². The van der Waals surface area contributed by atoms with E-state index in [4.69, 9.17) is 0 Å². The lowest BCUT2D eigenvalue weighted by molar-refractivity contribution is -0.131. The number of rotatable bonds is 1. The molecule has 3 heteroatoms. The van der Waals surface area contributed by atoms with Gasteiger partial charge in [0.05, 0.1) is 0 Å². The van der Waals surface area contributed by atoms with Gasteiger partial charge in [-0.15, -0.1) is 0 Å². The number of hydrogen-bond donors (Lipinski definition) is 0. The Bertz CT molecular complexity index is 511. The zero-order valence-corrected chi connectivity index (χ0v) is 11.9. The van der Waals surface area contributed by atoms with Crippen molar-refractivity contribution in [1.29, 1.82) is 0 Å². The Morgan fingerprint density at radius 3 is 2.60 bits per heavy atom. The minimum Gasteiger partial charge on any atom is -0.332 e. The Morgan fingerprint density at radius 1 is 1.15 bits per heavy atom. The molecule has 1 aliphatic heterocycles. The van der Waals surface area contributed by atoms with Gasteiger partial charge in [-0.1, -0.05) is 31.0 Å². The van der Waals surface area contributed by atoms with Gasteiger partial charge < -0.3 is 4.90 Å². The van der Waals surface area contributed by atoms with Gasteiger partial charge in [0.2, 0.25) is 0 Å². The molecule has 3 rings (SSSR count). The van der Waals surface area contributed by atoms with E-state index in [0.29, 0.717) is 12.2 Å². The monoisotopic (exact) mass is 271 g/mol. The molecular formula is C17H21NO2. The van der Waals surface area contributed by atoms with Crippen molar-refractivity contribution in [2.75, 3.05) is 0 Å². The molecule has 0 bridgehead atoms. The van der Waals surface area contributed by atoms with Crippen LogP contribution >= 0.6 is 0 Å². The maximum absolute atomic E-state index is 12.8. The molecule has 0 N–H and O–H groups in total. The molecule has 0 spiro atoms. The average Bonchev–Trinajstić information content (AvgIpc) is 2.48. The normalized spacial score (nSPS) is 29.9. The first-order chi connectivity index (χ1) is 9.68. The van der Waals surface area contributed by atoms with Crippen LogP contribution in [-0.4, -0.2) is 28.7 Å². The molecular weight excluding hydrogens is 250 g/mol. The van der Waals surface area contributed by atoms with E-state index in [1.165, 1.54) is 0 Å². The molecule has 1 saturated heterocycles. The van der Waals surface area contributed by atoms with Crippen LogP contribution < -0.4 is 0 Å². The summed E-state index contributed by atoms with van der Waals surface area (Å²) < 4.78 is 0. The second-order valence-corrected chi connectivity index (χ2v) is 6.06. The summed E-state index contributed by atoms with van der Waals surface area (Å²) in [6.45, 7) is 2.00. The number of benzene rings is 1. The van der Waals surface area contributed by atoms with E-state index in [1.807, 2.05) is 42.2 Å². The van der Waals surface area contributed by atoms with Crippen molar-refractivity contribution in [3.63, 3.8) is 0 Å². The zero-order valence-electron chi connectivity index (χ0n) is 11.9. The van der Waals surface area contributed by atoms with Crippen molar-refractivity contribution in [1.82, 2.24) is 4.90 Å². The minimum atomic E-state index is 0.0227. The summed E-state index contributed by atoms with van der Waals surface area (Å²) in [7, 11) is 0. The molecule has 1 aromatic rings. The van der Waals surface area contributed by atoms with Crippen molar-refractivity contribution in [2.45, 2.75) is 51.1 Å². The fraction of sp³-hybridized carbons (Fsp3) is 0.529. The Hall–Kier alpha value is -1.64. The smallest absolute Gasteiger partial charge is 0.254 e. The van der Waals surface area contributed by atoms with E-state index < -0.39 is 0 Å². The molecule has 3 unspecified atom stereocenters. The molecule has 106 valence electrons. The lowest BCUT2D eigenvalue weighted by Gasteiger charge is -2.46. The number of ketones is 1. The first-order valence-corrected chi connectivity index (χ1v) is 7.59. The SMILES string of the molecule is CC1CC(=O)C2CCCCC2N1C(=O)c1ccccc1.